The highest BCUT2D eigenvalue weighted by Gasteiger charge is 2.45. The second kappa shape index (κ2) is 8.35. The standard InChI is InChI=1S/C22H21BrN4O2S/c1-4-13-6-8-14(9-7-13)21-26(18(28)5-2)17-11-10-15(23)12-16(17)19-20(29)24-22(30-3)25-27(19)21/h6-12,21H,4-5H2,1-3H3/p+1/t21-/m1/s1. The maximum absolute atomic E-state index is 13.2. The Kier molecular flexibility index (Phi) is 5.79. The number of benzene rings is 2. The summed E-state index contributed by atoms with van der Waals surface area (Å²) in [6, 6.07) is 13.8. The lowest BCUT2D eigenvalue weighted by molar-refractivity contribution is -0.763. The number of anilines is 1. The van der Waals surface area contributed by atoms with E-state index in [-0.39, 0.29) is 11.5 Å². The largest absolute Gasteiger partial charge is 0.325 e. The molecule has 6 nitrogen and oxygen atoms in total. The van der Waals surface area contributed by atoms with Crippen molar-refractivity contribution in [1.82, 2.24) is 10.1 Å². The van der Waals surface area contributed by atoms with Crippen molar-refractivity contribution < 1.29 is 9.48 Å². The molecule has 4 rings (SSSR count). The molecule has 0 spiro atoms. The van der Waals surface area contributed by atoms with Crippen LogP contribution in [0, 0.1) is 0 Å². The highest BCUT2D eigenvalue weighted by Crippen LogP contribution is 2.39. The second-order valence-electron chi connectivity index (χ2n) is 7.00. The predicted octanol–water partition coefficient (Wildman–Crippen LogP) is 4.07. The first-order valence-corrected chi connectivity index (χ1v) is 11.8. The molecule has 1 N–H and O–H groups in total. The average molecular weight is 486 g/mol. The van der Waals surface area contributed by atoms with Gasteiger partial charge in [0.25, 0.3) is 6.17 Å². The molecule has 0 bridgehead atoms. The van der Waals surface area contributed by atoms with E-state index in [1.807, 2.05) is 43.5 Å². The number of aryl methyl sites for hydroxylation is 1. The van der Waals surface area contributed by atoms with E-state index in [2.05, 4.69) is 40.0 Å². The Morgan fingerprint density at radius 2 is 1.97 bits per heavy atom. The number of nitrogens with zero attached hydrogens (tertiary/aromatic N) is 3. The number of rotatable bonds is 4. The fourth-order valence-electron chi connectivity index (χ4n) is 3.75. The lowest BCUT2D eigenvalue weighted by Crippen LogP contribution is -2.60. The molecule has 1 amide bonds. The van der Waals surface area contributed by atoms with E-state index >= 15 is 0 Å². The van der Waals surface area contributed by atoms with Gasteiger partial charge in [-0.1, -0.05) is 53.7 Å². The number of hydrogen-bond donors (Lipinski definition) is 1. The third-order valence-corrected chi connectivity index (χ3v) is 6.33. The Balaban J connectivity index is 2.06. The quantitative estimate of drug-likeness (QED) is 0.446. The average Bonchev–Trinajstić information content (AvgIpc) is 2.77. The van der Waals surface area contributed by atoms with Gasteiger partial charge >= 0.3 is 11.3 Å². The molecule has 1 aromatic heterocycles. The molecule has 2 aromatic carbocycles. The molecule has 0 saturated heterocycles. The van der Waals surface area contributed by atoms with Gasteiger partial charge < -0.3 is 0 Å². The van der Waals surface area contributed by atoms with Crippen molar-refractivity contribution in [1.29, 1.82) is 0 Å². The summed E-state index contributed by atoms with van der Waals surface area (Å²) < 4.78 is 2.52. The van der Waals surface area contributed by atoms with Gasteiger partial charge in [-0.05, 0) is 53.3 Å². The summed E-state index contributed by atoms with van der Waals surface area (Å²) in [7, 11) is 0. The molecule has 0 saturated carbocycles. The highest BCUT2D eigenvalue weighted by atomic mass is 79.9. The summed E-state index contributed by atoms with van der Waals surface area (Å²) in [6.07, 6.45) is 2.59. The second-order valence-corrected chi connectivity index (χ2v) is 8.71. The number of aromatic amines is 1. The number of amides is 1. The van der Waals surface area contributed by atoms with E-state index in [0.717, 1.165) is 16.5 Å². The minimum atomic E-state index is -0.541. The van der Waals surface area contributed by atoms with E-state index in [0.29, 0.717) is 28.5 Å². The van der Waals surface area contributed by atoms with Crippen molar-refractivity contribution in [2.75, 3.05) is 11.2 Å². The van der Waals surface area contributed by atoms with Crippen LogP contribution in [0.2, 0.25) is 0 Å². The smallest absolute Gasteiger partial charge is 0.291 e. The molecule has 1 atom stereocenters. The third-order valence-electron chi connectivity index (χ3n) is 5.26. The van der Waals surface area contributed by atoms with Gasteiger partial charge in [0, 0.05) is 21.6 Å². The number of nitrogens with one attached hydrogen (secondary N) is 1. The van der Waals surface area contributed by atoms with Crippen molar-refractivity contribution in [3.05, 3.63) is 68.4 Å². The van der Waals surface area contributed by atoms with Crippen molar-refractivity contribution in [2.45, 2.75) is 38.0 Å². The zero-order valence-corrected chi connectivity index (χ0v) is 19.4. The molecule has 1 aliphatic heterocycles. The number of fused-ring (bicyclic) bond motifs is 3. The Hall–Kier alpha value is -2.45. The van der Waals surface area contributed by atoms with Crippen LogP contribution >= 0.6 is 27.7 Å². The van der Waals surface area contributed by atoms with E-state index in [9.17, 15) is 9.59 Å². The lowest BCUT2D eigenvalue weighted by atomic mass is 10.00. The SMILES string of the molecule is CCC(=O)N1c2ccc(Br)cc2-c2c(=O)[nH]c(SC)n[n+]2[C@@H]1c1ccc(CC)cc1. The summed E-state index contributed by atoms with van der Waals surface area (Å²) in [5, 5.41) is 5.20. The highest BCUT2D eigenvalue weighted by molar-refractivity contribution is 9.10. The molecular formula is C22H22BrN4O2S+. The van der Waals surface area contributed by atoms with Crippen LogP contribution in [0.1, 0.15) is 37.6 Å². The lowest BCUT2D eigenvalue weighted by Gasteiger charge is -2.32. The van der Waals surface area contributed by atoms with E-state index in [1.165, 1.54) is 17.3 Å². The molecule has 0 fully saturated rings. The van der Waals surface area contributed by atoms with Gasteiger partial charge in [-0.3, -0.25) is 14.6 Å². The summed E-state index contributed by atoms with van der Waals surface area (Å²) in [6.45, 7) is 3.95. The van der Waals surface area contributed by atoms with Gasteiger partial charge in [0.2, 0.25) is 11.1 Å². The first kappa shape index (κ1) is 20.8. The molecule has 0 unspecified atom stereocenters. The van der Waals surface area contributed by atoms with E-state index < -0.39 is 6.17 Å². The zero-order valence-electron chi connectivity index (χ0n) is 17.0. The van der Waals surface area contributed by atoms with Crippen LogP contribution in [0.4, 0.5) is 5.69 Å². The van der Waals surface area contributed by atoms with Gasteiger partial charge in [0.1, 0.15) is 0 Å². The molecule has 0 aliphatic carbocycles. The Morgan fingerprint density at radius 3 is 2.60 bits per heavy atom. The molecule has 8 heteroatoms. The van der Waals surface area contributed by atoms with Crippen molar-refractivity contribution in [3.8, 4) is 11.3 Å². The van der Waals surface area contributed by atoms with Crippen molar-refractivity contribution in [2.24, 2.45) is 0 Å². The van der Waals surface area contributed by atoms with Gasteiger partial charge in [0.05, 0.1) is 11.3 Å². The molecule has 154 valence electrons. The summed E-state index contributed by atoms with van der Waals surface area (Å²) in [5.41, 5.74) is 3.70. The normalized spacial score (nSPS) is 14.9. The van der Waals surface area contributed by atoms with Crippen LogP contribution in [-0.2, 0) is 11.2 Å². The van der Waals surface area contributed by atoms with E-state index in [4.69, 9.17) is 5.10 Å². The molecule has 1 aliphatic rings. The number of carbonyl (C=O) groups excluding carboxylic acids is 1. The summed E-state index contributed by atoms with van der Waals surface area (Å²) in [5.74, 6) is -0.0333. The number of aromatic nitrogens is 3. The third kappa shape index (κ3) is 3.48. The van der Waals surface area contributed by atoms with Crippen LogP contribution in [0.3, 0.4) is 0 Å². The molecule has 2 heterocycles. The fraction of sp³-hybridized carbons (Fsp3) is 0.273. The Bertz CT molecular complexity index is 1180. The fourth-order valence-corrected chi connectivity index (χ4v) is 4.48. The van der Waals surface area contributed by atoms with Crippen LogP contribution in [0.25, 0.3) is 11.3 Å². The van der Waals surface area contributed by atoms with Gasteiger partial charge in [-0.15, -0.1) is 0 Å². The predicted molar refractivity (Wildman–Crippen MR) is 122 cm³/mol. The molecule has 0 radical (unpaired) electrons. The van der Waals surface area contributed by atoms with Gasteiger partial charge in [-0.25, -0.2) is 4.90 Å². The van der Waals surface area contributed by atoms with Crippen LogP contribution in [-0.4, -0.2) is 22.2 Å². The minimum absolute atomic E-state index is 0.0333. The molecular weight excluding hydrogens is 464 g/mol. The maximum atomic E-state index is 13.2. The van der Waals surface area contributed by atoms with Crippen LogP contribution < -0.4 is 15.1 Å². The number of carbonyl (C=O) groups is 1. The number of thioether (sulfide) groups is 1. The Labute approximate surface area is 187 Å². The van der Waals surface area contributed by atoms with Crippen LogP contribution in [0.15, 0.2) is 56.9 Å². The van der Waals surface area contributed by atoms with E-state index in [1.54, 1.807) is 9.58 Å². The van der Waals surface area contributed by atoms with Crippen LogP contribution in [0.5, 0.6) is 0 Å². The number of H-pyrrole nitrogens is 1. The molecule has 3 aromatic rings. The van der Waals surface area contributed by atoms with Crippen molar-refractivity contribution in [3.63, 3.8) is 0 Å². The maximum Gasteiger partial charge on any atom is 0.325 e. The molecule has 30 heavy (non-hydrogen) atoms. The first-order chi connectivity index (χ1) is 14.5. The topological polar surface area (TPSA) is 69.9 Å². The Morgan fingerprint density at radius 1 is 1.23 bits per heavy atom. The summed E-state index contributed by atoms with van der Waals surface area (Å²) >= 11 is 4.85. The number of halogens is 1. The summed E-state index contributed by atoms with van der Waals surface area (Å²) in [4.78, 5) is 30.9. The first-order valence-electron chi connectivity index (χ1n) is 9.79. The van der Waals surface area contributed by atoms with Gasteiger partial charge in [0.15, 0.2) is 0 Å². The van der Waals surface area contributed by atoms with Gasteiger partial charge in [-0.2, -0.15) is 0 Å². The number of hydrogen-bond acceptors (Lipinski definition) is 4. The zero-order chi connectivity index (χ0) is 21.4. The van der Waals surface area contributed by atoms with Crippen molar-refractivity contribution >= 4 is 39.3 Å². The monoisotopic (exact) mass is 485 g/mol. The minimum Gasteiger partial charge on any atom is -0.291 e.